The van der Waals surface area contributed by atoms with Crippen LogP contribution >= 0.6 is 0 Å². The van der Waals surface area contributed by atoms with Crippen molar-refractivity contribution in [1.29, 1.82) is 0 Å². The first-order chi connectivity index (χ1) is 13.5. The number of methoxy groups -OCH3 is 4. The predicted octanol–water partition coefficient (Wildman–Crippen LogP) is 0.579. The van der Waals surface area contributed by atoms with E-state index in [2.05, 4.69) is 9.98 Å². The van der Waals surface area contributed by atoms with E-state index in [1.165, 1.54) is 53.0 Å². The molecule has 0 atom stereocenters. The monoisotopic (exact) mass is 467 g/mol. The molecule has 2 aromatic rings. The molecule has 1 radical (unpaired) electrons. The number of hydrogen-bond acceptors (Lipinski definition) is 8. The first kappa shape index (κ1) is 27.1. The fourth-order valence-electron chi connectivity index (χ4n) is 2.41. The Balaban J connectivity index is 0.00000420. The fraction of sp³-hybridized carbons (Fsp3) is 0.300. The van der Waals surface area contributed by atoms with Crippen molar-refractivity contribution in [2.24, 2.45) is 9.98 Å². The van der Waals surface area contributed by atoms with Crippen molar-refractivity contribution >= 4 is 12.4 Å². The van der Waals surface area contributed by atoms with Gasteiger partial charge in [-0.3, -0.25) is 9.98 Å². The van der Waals surface area contributed by atoms with Crippen LogP contribution in [0.2, 0.25) is 0 Å². The molecule has 0 saturated heterocycles. The second-order valence-corrected chi connectivity index (χ2v) is 5.55. The zero-order valence-corrected chi connectivity index (χ0v) is 18.0. The molecule has 0 fully saturated rings. The van der Waals surface area contributed by atoms with Gasteiger partial charge in [-0.1, -0.05) is 11.5 Å². The maximum atomic E-state index is 12.1. The molecule has 2 N–H and O–H groups in total. The van der Waals surface area contributed by atoms with E-state index in [4.69, 9.17) is 18.9 Å². The number of hydrogen-bond donors (Lipinski definition) is 0. The predicted molar refractivity (Wildman–Crippen MR) is 107 cm³/mol. The van der Waals surface area contributed by atoms with Gasteiger partial charge in [-0.2, -0.15) is 0 Å². The molecule has 0 aliphatic heterocycles. The molecule has 0 bridgehead atoms. The third kappa shape index (κ3) is 6.84. The summed E-state index contributed by atoms with van der Waals surface area (Å²) in [6.45, 7) is 0.662. The molecule has 9 nitrogen and oxygen atoms in total. The van der Waals surface area contributed by atoms with Crippen molar-refractivity contribution in [2.75, 3.05) is 41.5 Å². The van der Waals surface area contributed by atoms with E-state index < -0.39 is 0 Å². The molecule has 0 saturated carbocycles. The summed E-state index contributed by atoms with van der Waals surface area (Å²) in [6.07, 6.45) is 2.90. The molecule has 167 valence electrons. The van der Waals surface area contributed by atoms with Crippen LogP contribution < -0.4 is 29.2 Å². The van der Waals surface area contributed by atoms with E-state index in [1.54, 1.807) is 12.1 Å². The first-order valence-corrected chi connectivity index (χ1v) is 8.39. The smallest absolute Gasteiger partial charge is 0.872 e. The van der Waals surface area contributed by atoms with Crippen molar-refractivity contribution in [2.45, 2.75) is 0 Å². The maximum Gasteiger partial charge on any atom is 2.00 e. The molecule has 0 spiro atoms. The van der Waals surface area contributed by atoms with E-state index >= 15 is 0 Å². The van der Waals surface area contributed by atoms with E-state index in [0.717, 1.165) is 0 Å². The number of ether oxygens (including phenoxy) is 4. The van der Waals surface area contributed by atoms with Crippen molar-refractivity contribution in [3.8, 4) is 34.5 Å². The van der Waals surface area contributed by atoms with Gasteiger partial charge in [0.05, 0.1) is 41.5 Å². The van der Waals surface area contributed by atoms with Gasteiger partial charge in [0.15, 0.2) is 0 Å². The van der Waals surface area contributed by atoms with E-state index in [1.807, 2.05) is 0 Å². The molecular formula is C20H24CuN2O7. The average Bonchev–Trinajstić information content (AvgIpc) is 2.71. The quantitative estimate of drug-likeness (QED) is 0.300. The second-order valence-electron chi connectivity index (χ2n) is 5.55. The standard InChI is InChI=1S/C20H24N2O6.Cu.H2O/c1-25-13-7-17(23)15(19(9-13)27-3)11-21-5-6-22-12-16-18(24)8-14(26-2)10-20(16)28-4;;/h7-12,23-24H,5-6H2,1-4H3;;1H2/q;+2;/p-2. The zero-order chi connectivity index (χ0) is 20.5. The summed E-state index contributed by atoms with van der Waals surface area (Å²) >= 11 is 0. The molecule has 0 aromatic heterocycles. The van der Waals surface area contributed by atoms with Gasteiger partial charge in [0, 0.05) is 35.7 Å². The van der Waals surface area contributed by atoms with E-state index in [9.17, 15) is 10.2 Å². The normalized spacial score (nSPS) is 10.4. The van der Waals surface area contributed by atoms with Crippen molar-refractivity contribution < 1.29 is 51.7 Å². The summed E-state index contributed by atoms with van der Waals surface area (Å²) in [5.41, 5.74) is 0.678. The number of nitrogens with zero attached hydrogens (tertiary/aromatic N) is 2. The zero-order valence-electron chi connectivity index (χ0n) is 17.0. The molecule has 10 heteroatoms. The number of rotatable bonds is 9. The Morgan fingerprint density at radius 3 is 1.37 bits per heavy atom. The van der Waals surface area contributed by atoms with Crippen molar-refractivity contribution in [3.05, 3.63) is 35.4 Å². The van der Waals surface area contributed by atoms with Crippen LogP contribution in [0.5, 0.6) is 34.5 Å². The summed E-state index contributed by atoms with van der Waals surface area (Å²) < 4.78 is 20.5. The van der Waals surface area contributed by atoms with Crippen LogP contribution in [-0.4, -0.2) is 59.4 Å². The Morgan fingerprint density at radius 1 is 0.700 bits per heavy atom. The van der Waals surface area contributed by atoms with Gasteiger partial charge < -0.3 is 34.6 Å². The minimum atomic E-state index is -0.248. The van der Waals surface area contributed by atoms with Gasteiger partial charge in [-0.25, -0.2) is 0 Å². The topological polar surface area (TPSA) is 139 Å². The molecule has 0 heterocycles. The fourth-order valence-corrected chi connectivity index (χ4v) is 2.41. The van der Waals surface area contributed by atoms with Gasteiger partial charge in [-0.15, -0.1) is 0 Å². The van der Waals surface area contributed by atoms with Crippen LogP contribution in [0.15, 0.2) is 34.3 Å². The van der Waals surface area contributed by atoms with Crippen LogP contribution in [0.4, 0.5) is 0 Å². The van der Waals surface area contributed by atoms with Crippen LogP contribution in [0.3, 0.4) is 0 Å². The molecule has 30 heavy (non-hydrogen) atoms. The summed E-state index contributed by atoms with van der Waals surface area (Å²) in [4.78, 5) is 8.40. The van der Waals surface area contributed by atoms with Crippen LogP contribution in [0.1, 0.15) is 11.1 Å². The number of benzene rings is 2. The van der Waals surface area contributed by atoms with Gasteiger partial charge in [-0.05, 0) is 12.1 Å². The van der Waals surface area contributed by atoms with Crippen LogP contribution in [-0.2, 0) is 17.1 Å². The van der Waals surface area contributed by atoms with Crippen molar-refractivity contribution in [3.63, 3.8) is 0 Å². The molecule has 0 aliphatic carbocycles. The molecule has 0 unspecified atom stereocenters. The Bertz CT molecular complexity index is 801. The Morgan fingerprint density at radius 2 is 1.07 bits per heavy atom. The minimum Gasteiger partial charge on any atom is -0.872 e. The first-order valence-electron chi connectivity index (χ1n) is 8.39. The minimum absolute atomic E-state index is 0. The molecule has 2 rings (SSSR count). The van der Waals surface area contributed by atoms with Gasteiger partial charge in [0.2, 0.25) is 0 Å². The average molecular weight is 468 g/mol. The molecular weight excluding hydrogens is 444 g/mol. The maximum absolute atomic E-state index is 12.1. The third-order valence-electron chi connectivity index (χ3n) is 3.87. The Labute approximate surface area is 185 Å². The summed E-state index contributed by atoms with van der Waals surface area (Å²) in [6, 6.07) is 5.97. The Kier molecular flexibility index (Phi) is 12.0. The summed E-state index contributed by atoms with van der Waals surface area (Å²) in [5, 5.41) is 24.2. The van der Waals surface area contributed by atoms with Crippen LogP contribution in [0.25, 0.3) is 0 Å². The second kappa shape index (κ2) is 13.3. The van der Waals surface area contributed by atoms with Gasteiger partial charge in [0.25, 0.3) is 0 Å². The molecule has 2 aromatic carbocycles. The summed E-state index contributed by atoms with van der Waals surface area (Å²) in [7, 11) is 5.90. The number of aliphatic imine (C=N–C) groups is 2. The third-order valence-corrected chi connectivity index (χ3v) is 3.87. The van der Waals surface area contributed by atoms with Gasteiger partial charge >= 0.3 is 17.1 Å². The van der Waals surface area contributed by atoms with Crippen LogP contribution in [0, 0.1) is 0 Å². The van der Waals surface area contributed by atoms with E-state index in [-0.39, 0.29) is 34.0 Å². The molecule has 0 aliphatic rings. The SMILES string of the molecule is COc1cc([O-])c(C=NCCN=Cc2c([O-])cc(OC)cc2OC)c(OC)c1.O.[Cu+2]. The van der Waals surface area contributed by atoms with Crippen molar-refractivity contribution in [1.82, 2.24) is 0 Å². The molecule has 0 amide bonds. The van der Waals surface area contributed by atoms with E-state index in [0.29, 0.717) is 47.2 Å². The summed E-state index contributed by atoms with van der Waals surface area (Å²) in [5.74, 6) is 1.12. The van der Waals surface area contributed by atoms with Gasteiger partial charge in [0.1, 0.15) is 23.0 Å². The largest absolute Gasteiger partial charge is 2.00 e. The Hall–Kier alpha value is -2.94.